The van der Waals surface area contributed by atoms with E-state index in [1.165, 1.54) is 24.3 Å². The second kappa shape index (κ2) is 6.56. The van der Waals surface area contributed by atoms with Gasteiger partial charge in [-0.1, -0.05) is 0 Å². The lowest BCUT2D eigenvalue weighted by molar-refractivity contribution is 0.628. The lowest BCUT2D eigenvalue weighted by Gasteiger charge is -2.08. The molecule has 0 aliphatic heterocycles. The van der Waals surface area contributed by atoms with Crippen LogP contribution in [0.2, 0.25) is 0 Å². The van der Waals surface area contributed by atoms with E-state index in [1.807, 2.05) is 11.8 Å². The Morgan fingerprint density at radius 2 is 2.20 bits per heavy atom. The predicted octanol–water partition coefficient (Wildman–Crippen LogP) is 2.96. The Morgan fingerprint density at radius 3 is 2.93 bits per heavy atom. The standard InChI is InChI=1S/C11H17FN2S/c1-15-7-3-2-6-14-11-8-9(12)4-5-10(11)13/h4-5,8,14H,2-3,6-7,13H2,1H3. The van der Waals surface area contributed by atoms with Crippen LogP contribution in [0.1, 0.15) is 12.8 Å². The van der Waals surface area contributed by atoms with Gasteiger partial charge in [-0.05, 0) is 43.0 Å². The molecule has 0 unspecified atom stereocenters. The lowest BCUT2D eigenvalue weighted by Crippen LogP contribution is -2.04. The Bertz CT molecular complexity index is 305. The van der Waals surface area contributed by atoms with Crippen molar-refractivity contribution in [2.24, 2.45) is 0 Å². The first-order valence-corrected chi connectivity index (χ1v) is 6.41. The molecule has 0 amide bonds. The summed E-state index contributed by atoms with van der Waals surface area (Å²) in [5.41, 5.74) is 6.99. The fraction of sp³-hybridized carbons (Fsp3) is 0.455. The minimum atomic E-state index is -0.254. The first-order chi connectivity index (χ1) is 7.24. The van der Waals surface area contributed by atoms with Crippen molar-refractivity contribution in [1.29, 1.82) is 0 Å². The van der Waals surface area contributed by atoms with Gasteiger partial charge in [0.1, 0.15) is 5.82 Å². The molecular weight excluding hydrogens is 211 g/mol. The lowest BCUT2D eigenvalue weighted by atomic mass is 10.2. The van der Waals surface area contributed by atoms with Gasteiger partial charge in [0.25, 0.3) is 0 Å². The van der Waals surface area contributed by atoms with E-state index in [0.717, 1.165) is 13.0 Å². The van der Waals surface area contributed by atoms with Gasteiger partial charge in [-0.3, -0.25) is 0 Å². The number of rotatable bonds is 6. The van der Waals surface area contributed by atoms with Crippen molar-refractivity contribution in [3.05, 3.63) is 24.0 Å². The van der Waals surface area contributed by atoms with Crippen molar-refractivity contribution in [3.63, 3.8) is 0 Å². The summed E-state index contributed by atoms with van der Waals surface area (Å²) in [5, 5.41) is 3.14. The Hall–Kier alpha value is -0.900. The summed E-state index contributed by atoms with van der Waals surface area (Å²) in [5.74, 6) is 0.913. The fourth-order valence-electron chi connectivity index (χ4n) is 1.28. The Balaban J connectivity index is 2.33. The van der Waals surface area contributed by atoms with Crippen molar-refractivity contribution < 1.29 is 4.39 Å². The summed E-state index contributed by atoms with van der Waals surface area (Å²) in [4.78, 5) is 0. The first kappa shape index (κ1) is 12.2. The SMILES string of the molecule is CSCCCCNc1cc(F)ccc1N. The molecule has 15 heavy (non-hydrogen) atoms. The second-order valence-corrected chi connectivity index (χ2v) is 4.34. The highest BCUT2D eigenvalue weighted by Crippen LogP contribution is 2.19. The highest BCUT2D eigenvalue weighted by molar-refractivity contribution is 7.98. The molecule has 0 saturated heterocycles. The zero-order valence-corrected chi connectivity index (χ0v) is 9.74. The van der Waals surface area contributed by atoms with Gasteiger partial charge in [0.15, 0.2) is 0 Å². The topological polar surface area (TPSA) is 38.0 Å². The summed E-state index contributed by atoms with van der Waals surface area (Å²) >= 11 is 1.84. The van der Waals surface area contributed by atoms with Crippen LogP contribution < -0.4 is 11.1 Å². The van der Waals surface area contributed by atoms with Crippen molar-refractivity contribution in [3.8, 4) is 0 Å². The van der Waals surface area contributed by atoms with E-state index in [-0.39, 0.29) is 5.82 Å². The molecule has 0 radical (unpaired) electrons. The molecule has 0 atom stereocenters. The number of hydrogen-bond acceptors (Lipinski definition) is 3. The molecule has 2 nitrogen and oxygen atoms in total. The molecule has 0 aromatic heterocycles. The summed E-state index contributed by atoms with van der Waals surface area (Å²) in [6.07, 6.45) is 4.35. The Labute approximate surface area is 94.4 Å². The van der Waals surface area contributed by atoms with Crippen LogP contribution in [-0.4, -0.2) is 18.6 Å². The van der Waals surface area contributed by atoms with Crippen molar-refractivity contribution in [1.82, 2.24) is 0 Å². The summed E-state index contributed by atoms with van der Waals surface area (Å²) in [6, 6.07) is 4.39. The molecule has 0 heterocycles. The van der Waals surface area contributed by atoms with Gasteiger partial charge in [0.05, 0.1) is 11.4 Å². The van der Waals surface area contributed by atoms with Gasteiger partial charge in [-0.25, -0.2) is 4.39 Å². The minimum Gasteiger partial charge on any atom is -0.397 e. The van der Waals surface area contributed by atoms with Gasteiger partial charge in [-0.2, -0.15) is 11.8 Å². The number of hydrogen-bond donors (Lipinski definition) is 2. The smallest absolute Gasteiger partial charge is 0.125 e. The third kappa shape index (κ3) is 4.42. The largest absolute Gasteiger partial charge is 0.397 e. The van der Waals surface area contributed by atoms with Gasteiger partial charge >= 0.3 is 0 Å². The molecule has 4 heteroatoms. The third-order valence-electron chi connectivity index (χ3n) is 2.11. The molecule has 0 bridgehead atoms. The van der Waals surface area contributed by atoms with Crippen LogP contribution in [0.4, 0.5) is 15.8 Å². The van der Waals surface area contributed by atoms with Crippen molar-refractivity contribution >= 4 is 23.1 Å². The van der Waals surface area contributed by atoms with E-state index in [2.05, 4.69) is 11.6 Å². The number of benzene rings is 1. The number of nitrogen functional groups attached to an aromatic ring is 1. The first-order valence-electron chi connectivity index (χ1n) is 5.02. The molecule has 0 fully saturated rings. The number of thioether (sulfide) groups is 1. The van der Waals surface area contributed by atoms with Crippen molar-refractivity contribution in [2.75, 3.05) is 29.6 Å². The van der Waals surface area contributed by atoms with Crippen LogP contribution in [0.25, 0.3) is 0 Å². The van der Waals surface area contributed by atoms with E-state index in [0.29, 0.717) is 11.4 Å². The van der Waals surface area contributed by atoms with Crippen LogP contribution in [-0.2, 0) is 0 Å². The van der Waals surface area contributed by atoms with Crippen LogP contribution in [0, 0.1) is 5.82 Å². The van der Waals surface area contributed by atoms with E-state index in [1.54, 1.807) is 6.07 Å². The van der Waals surface area contributed by atoms with E-state index in [4.69, 9.17) is 5.73 Å². The highest BCUT2D eigenvalue weighted by Gasteiger charge is 1.99. The molecule has 3 N–H and O–H groups in total. The fourth-order valence-corrected chi connectivity index (χ4v) is 1.77. The quantitative estimate of drug-likeness (QED) is 0.580. The zero-order chi connectivity index (χ0) is 11.1. The number of nitrogens with two attached hydrogens (primary N) is 1. The van der Waals surface area contributed by atoms with E-state index < -0.39 is 0 Å². The van der Waals surface area contributed by atoms with Crippen LogP contribution >= 0.6 is 11.8 Å². The number of halogens is 1. The van der Waals surface area contributed by atoms with E-state index in [9.17, 15) is 4.39 Å². The maximum Gasteiger partial charge on any atom is 0.125 e. The summed E-state index contributed by atoms with van der Waals surface area (Å²) < 4.78 is 12.9. The molecule has 1 aromatic carbocycles. The monoisotopic (exact) mass is 228 g/mol. The molecular formula is C11H17FN2S. The average molecular weight is 228 g/mol. The molecule has 1 aromatic rings. The number of unbranched alkanes of at least 4 members (excludes halogenated alkanes) is 1. The molecule has 84 valence electrons. The van der Waals surface area contributed by atoms with Gasteiger partial charge in [-0.15, -0.1) is 0 Å². The summed E-state index contributed by atoms with van der Waals surface area (Å²) in [7, 11) is 0. The third-order valence-corrected chi connectivity index (χ3v) is 2.80. The Morgan fingerprint density at radius 1 is 1.40 bits per heavy atom. The van der Waals surface area contributed by atoms with Gasteiger partial charge in [0.2, 0.25) is 0 Å². The number of nitrogens with one attached hydrogen (secondary N) is 1. The molecule has 0 spiro atoms. The predicted molar refractivity (Wildman–Crippen MR) is 66.9 cm³/mol. The van der Waals surface area contributed by atoms with E-state index >= 15 is 0 Å². The maximum absolute atomic E-state index is 12.9. The zero-order valence-electron chi connectivity index (χ0n) is 8.92. The van der Waals surface area contributed by atoms with Crippen LogP contribution in [0.5, 0.6) is 0 Å². The Kier molecular flexibility index (Phi) is 5.32. The molecule has 0 aliphatic rings. The molecule has 0 saturated carbocycles. The second-order valence-electron chi connectivity index (χ2n) is 3.36. The van der Waals surface area contributed by atoms with Gasteiger partial charge < -0.3 is 11.1 Å². The van der Waals surface area contributed by atoms with Gasteiger partial charge in [0, 0.05) is 6.54 Å². The van der Waals surface area contributed by atoms with Crippen LogP contribution in [0.15, 0.2) is 18.2 Å². The molecule has 0 aliphatic carbocycles. The van der Waals surface area contributed by atoms with Crippen LogP contribution in [0.3, 0.4) is 0 Å². The summed E-state index contributed by atoms with van der Waals surface area (Å²) in [6.45, 7) is 0.841. The van der Waals surface area contributed by atoms with Crippen molar-refractivity contribution in [2.45, 2.75) is 12.8 Å². The minimum absolute atomic E-state index is 0.254. The highest BCUT2D eigenvalue weighted by atomic mass is 32.2. The molecule has 1 rings (SSSR count). The average Bonchev–Trinajstić information content (AvgIpc) is 2.23. The normalized spacial score (nSPS) is 10.3. The maximum atomic E-state index is 12.9. The number of anilines is 2.